The number of carbonyl (C=O) groups is 1. The zero-order chi connectivity index (χ0) is 18.1. The molecule has 25 heavy (non-hydrogen) atoms. The molecule has 0 saturated heterocycles. The molecule has 2 aromatic rings. The number of methoxy groups -OCH3 is 1. The summed E-state index contributed by atoms with van der Waals surface area (Å²) in [7, 11) is 1.50. The molecule has 0 N–H and O–H groups in total. The van der Waals surface area contributed by atoms with Crippen molar-refractivity contribution in [2.45, 2.75) is 0 Å². The fourth-order valence-electron chi connectivity index (χ4n) is 1.91. The van der Waals surface area contributed by atoms with Gasteiger partial charge in [0.2, 0.25) is 0 Å². The van der Waals surface area contributed by atoms with Crippen molar-refractivity contribution >= 4 is 23.6 Å². The quantitative estimate of drug-likeness (QED) is 0.321. The first-order valence-electron chi connectivity index (χ1n) is 7.43. The van der Waals surface area contributed by atoms with Gasteiger partial charge < -0.3 is 14.2 Å². The Kier molecular flexibility index (Phi) is 7.02. The van der Waals surface area contributed by atoms with Crippen molar-refractivity contribution in [3.05, 3.63) is 64.7 Å². The highest BCUT2D eigenvalue weighted by Crippen LogP contribution is 2.24. The number of halogens is 1. The van der Waals surface area contributed by atoms with E-state index in [1.165, 1.54) is 13.2 Å². The maximum atomic E-state index is 11.8. The number of nitriles is 1. The minimum absolute atomic E-state index is 0.0913. The minimum atomic E-state index is -0.691. The molecule has 0 aromatic heterocycles. The van der Waals surface area contributed by atoms with Gasteiger partial charge in [-0.15, -0.1) is 0 Å². The number of hydrogen-bond donors (Lipinski definition) is 0. The molecule has 6 heteroatoms. The first kappa shape index (κ1) is 18.5. The topological polar surface area (TPSA) is 68.5 Å². The lowest BCUT2D eigenvalue weighted by Crippen LogP contribution is -2.11. The van der Waals surface area contributed by atoms with Crippen LogP contribution in [0.25, 0.3) is 6.08 Å². The number of rotatable bonds is 7. The van der Waals surface area contributed by atoms with Gasteiger partial charge in [0, 0.05) is 12.1 Å². The largest absolute Gasteiger partial charge is 0.459 e. The van der Waals surface area contributed by atoms with Crippen molar-refractivity contribution in [3.8, 4) is 17.6 Å². The Balaban J connectivity index is 2.12. The van der Waals surface area contributed by atoms with E-state index in [0.717, 1.165) is 0 Å². The monoisotopic (exact) mass is 357 g/mol. The molecule has 128 valence electrons. The lowest BCUT2D eigenvalue weighted by molar-refractivity contribution is -0.139. The molecule has 0 amide bonds. The second-order valence-electron chi connectivity index (χ2n) is 4.93. The highest BCUT2D eigenvalue weighted by Gasteiger charge is 2.10. The third-order valence-electron chi connectivity index (χ3n) is 3.08. The maximum Gasteiger partial charge on any atom is 0.348 e. The Bertz CT molecular complexity index is 794. The van der Waals surface area contributed by atoms with Crippen LogP contribution in [0.4, 0.5) is 0 Å². The number of ether oxygens (including phenoxy) is 3. The van der Waals surface area contributed by atoms with E-state index in [2.05, 4.69) is 0 Å². The van der Waals surface area contributed by atoms with Crippen LogP contribution < -0.4 is 4.74 Å². The van der Waals surface area contributed by atoms with Crippen LogP contribution in [0.2, 0.25) is 5.02 Å². The van der Waals surface area contributed by atoms with E-state index in [1.54, 1.807) is 48.5 Å². The van der Waals surface area contributed by atoms with Crippen molar-refractivity contribution in [2.24, 2.45) is 0 Å². The summed E-state index contributed by atoms with van der Waals surface area (Å²) in [5, 5.41) is 9.77. The summed E-state index contributed by atoms with van der Waals surface area (Å²) in [5.41, 5.74) is 0.548. The van der Waals surface area contributed by atoms with Crippen molar-refractivity contribution in [1.82, 2.24) is 0 Å². The molecule has 0 atom stereocenters. The van der Waals surface area contributed by atoms with E-state index in [4.69, 9.17) is 31.1 Å². The van der Waals surface area contributed by atoms with Gasteiger partial charge in [-0.3, -0.25) is 0 Å². The van der Waals surface area contributed by atoms with Crippen LogP contribution in [0.1, 0.15) is 5.56 Å². The van der Waals surface area contributed by atoms with Gasteiger partial charge in [0.1, 0.15) is 29.7 Å². The normalized spacial score (nSPS) is 10.8. The van der Waals surface area contributed by atoms with Gasteiger partial charge in [0.15, 0.2) is 0 Å². The molecule has 0 aliphatic rings. The molecule has 5 nitrogen and oxygen atoms in total. The van der Waals surface area contributed by atoms with E-state index in [-0.39, 0.29) is 18.8 Å². The van der Waals surface area contributed by atoms with Crippen LogP contribution in [0.15, 0.2) is 54.1 Å². The Labute approximate surface area is 151 Å². The summed E-state index contributed by atoms with van der Waals surface area (Å²) in [5.74, 6) is 0.509. The Hall–Kier alpha value is -2.81. The molecular weight excluding hydrogens is 342 g/mol. The number of hydrogen-bond acceptors (Lipinski definition) is 5. The fraction of sp³-hybridized carbons (Fsp3) is 0.158. The molecule has 0 unspecified atom stereocenters. The molecule has 2 rings (SSSR count). The fourth-order valence-corrected chi connectivity index (χ4v) is 2.03. The van der Waals surface area contributed by atoms with Crippen LogP contribution in [-0.2, 0) is 14.3 Å². The molecule has 0 fully saturated rings. The van der Waals surface area contributed by atoms with E-state index in [9.17, 15) is 4.79 Å². The van der Waals surface area contributed by atoms with E-state index in [1.807, 2.05) is 6.07 Å². The summed E-state index contributed by atoms with van der Waals surface area (Å²) in [6.45, 7) is 0.364. The van der Waals surface area contributed by atoms with E-state index in [0.29, 0.717) is 22.1 Å². The van der Waals surface area contributed by atoms with Crippen LogP contribution in [0.5, 0.6) is 11.5 Å². The number of benzene rings is 2. The molecule has 0 radical (unpaired) electrons. The summed E-state index contributed by atoms with van der Waals surface area (Å²) in [6, 6.07) is 15.8. The molecule has 0 bridgehead atoms. The zero-order valence-corrected chi connectivity index (χ0v) is 14.3. The van der Waals surface area contributed by atoms with Crippen LogP contribution in [0.3, 0.4) is 0 Å². The molecule has 0 spiro atoms. The summed E-state index contributed by atoms with van der Waals surface area (Å²) >= 11 is 5.84. The van der Waals surface area contributed by atoms with Gasteiger partial charge in [-0.05, 0) is 48.0 Å². The van der Waals surface area contributed by atoms with Gasteiger partial charge >= 0.3 is 5.97 Å². The summed E-state index contributed by atoms with van der Waals surface area (Å²) < 4.78 is 15.5. The van der Waals surface area contributed by atoms with E-state index >= 15 is 0 Å². The van der Waals surface area contributed by atoms with Crippen LogP contribution in [0, 0.1) is 11.3 Å². The maximum absolute atomic E-state index is 11.8. The average molecular weight is 358 g/mol. The Morgan fingerprint density at radius 3 is 2.60 bits per heavy atom. The molecule has 0 aliphatic carbocycles. The highest BCUT2D eigenvalue weighted by atomic mass is 35.5. The number of nitrogens with zero attached hydrogens (tertiary/aromatic N) is 1. The Morgan fingerprint density at radius 2 is 1.92 bits per heavy atom. The molecule has 2 aromatic carbocycles. The average Bonchev–Trinajstić information content (AvgIpc) is 2.62. The van der Waals surface area contributed by atoms with E-state index < -0.39 is 5.97 Å². The molecule has 0 saturated carbocycles. The predicted octanol–water partition coefficient (Wildman–Crippen LogP) is 4.23. The summed E-state index contributed by atoms with van der Waals surface area (Å²) in [4.78, 5) is 11.8. The van der Waals surface area contributed by atoms with Gasteiger partial charge in [0.25, 0.3) is 0 Å². The van der Waals surface area contributed by atoms with Crippen molar-refractivity contribution in [3.63, 3.8) is 0 Å². The number of carbonyl (C=O) groups excluding carboxylic acids is 1. The van der Waals surface area contributed by atoms with Crippen molar-refractivity contribution in [2.75, 3.05) is 20.3 Å². The number of esters is 1. The predicted molar refractivity (Wildman–Crippen MR) is 94.4 cm³/mol. The second kappa shape index (κ2) is 9.48. The van der Waals surface area contributed by atoms with Crippen molar-refractivity contribution < 1.29 is 19.0 Å². The van der Waals surface area contributed by atoms with Gasteiger partial charge in [-0.1, -0.05) is 23.7 Å². The highest BCUT2D eigenvalue weighted by molar-refractivity contribution is 6.30. The third-order valence-corrected chi connectivity index (χ3v) is 3.33. The lowest BCUT2D eigenvalue weighted by Gasteiger charge is -2.07. The minimum Gasteiger partial charge on any atom is -0.459 e. The first-order chi connectivity index (χ1) is 12.1. The SMILES string of the molecule is COCCOC(=O)/C(C#N)=C/c1cccc(Oc2ccc(Cl)cc2)c1. The van der Waals surface area contributed by atoms with Gasteiger partial charge in [-0.25, -0.2) is 4.79 Å². The third kappa shape index (κ3) is 5.96. The van der Waals surface area contributed by atoms with Gasteiger partial charge in [-0.2, -0.15) is 5.26 Å². The first-order valence-corrected chi connectivity index (χ1v) is 7.81. The standard InChI is InChI=1S/C19H16ClNO4/c1-23-9-10-24-19(22)15(13-21)11-14-3-2-4-18(12-14)25-17-7-5-16(20)6-8-17/h2-8,11-12H,9-10H2,1H3/b15-11+. The molecule has 0 heterocycles. The molecule has 0 aliphatic heterocycles. The van der Waals surface area contributed by atoms with Crippen LogP contribution in [-0.4, -0.2) is 26.3 Å². The zero-order valence-electron chi connectivity index (χ0n) is 13.6. The Morgan fingerprint density at radius 1 is 1.16 bits per heavy atom. The molecular formula is C19H16ClNO4. The smallest absolute Gasteiger partial charge is 0.348 e. The van der Waals surface area contributed by atoms with Crippen LogP contribution >= 0.6 is 11.6 Å². The second-order valence-corrected chi connectivity index (χ2v) is 5.36. The lowest BCUT2D eigenvalue weighted by atomic mass is 10.1. The summed E-state index contributed by atoms with van der Waals surface area (Å²) in [6.07, 6.45) is 1.45. The van der Waals surface area contributed by atoms with Gasteiger partial charge in [0.05, 0.1) is 6.61 Å². The van der Waals surface area contributed by atoms with Crippen molar-refractivity contribution in [1.29, 1.82) is 5.26 Å².